The van der Waals surface area contributed by atoms with Crippen LogP contribution in [0.5, 0.6) is 0 Å². The Kier molecular flexibility index (Phi) is 4.59. The number of aliphatic hydroxyl groups excluding tert-OH is 1. The first-order valence-electron chi connectivity index (χ1n) is 7.17. The quantitative estimate of drug-likeness (QED) is 0.888. The van der Waals surface area contributed by atoms with Crippen LogP contribution in [0.2, 0.25) is 0 Å². The first-order chi connectivity index (χ1) is 8.76. The van der Waals surface area contributed by atoms with E-state index in [1.54, 1.807) is 0 Å². The van der Waals surface area contributed by atoms with Gasteiger partial charge in [-0.1, -0.05) is 13.8 Å². The van der Waals surface area contributed by atoms with Gasteiger partial charge in [0.05, 0.1) is 23.7 Å². The molecule has 100 valence electrons. The molecule has 3 nitrogen and oxygen atoms in total. The van der Waals surface area contributed by atoms with Gasteiger partial charge in [-0.25, -0.2) is 0 Å². The SMILES string of the molecule is CCC(O)c1ccc(N2CCCCC2CC)cn1. The molecule has 0 radical (unpaired) electrons. The predicted octanol–water partition coefficient (Wildman–Crippen LogP) is 3.29. The molecule has 0 saturated carbocycles. The van der Waals surface area contributed by atoms with Crippen molar-refractivity contribution < 1.29 is 5.11 Å². The number of hydrogen-bond donors (Lipinski definition) is 1. The van der Waals surface area contributed by atoms with E-state index in [0.29, 0.717) is 12.5 Å². The third-order valence-electron chi connectivity index (χ3n) is 3.93. The molecule has 1 aliphatic heterocycles. The lowest BCUT2D eigenvalue weighted by Crippen LogP contribution is -2.39. The Morgan fingerprint density at radius 3 is 2.83 bits per heavy atom. The standard InChI is InChI=1S/C15H24N2O/c1-3-12-7-5-6-10-17(12)13-8-9-14(16-11-13)15(18)4-2/h8-9,11-12,15,18H,3-7,10H2,1-2H3. The lowest BCUT2D eigenvalue weighted by molar-refractivity contribution is 0.169. The zero-order chi connectivity index (χ0) is 13.0. The maximum atomic E-state index is 9.75. The molecular formula is C15H24N2O. The number of hydrogen-bond acceptors (Lipinski definition) is 3. The van der Waals surface area contributed by atoms with Crippen LogP contribution in [0, 0.1) is 0 Å². The lowest BCUT2D eigenvalue weighted by atomic mass is 9.99. The number of piperidine rings is 1. The van der Waals surface area contributed by atoms with Crippen molar-refractivity contribution in [2.75, 3.05) is 11.4 Å². The Morgan fingerprint density at radius 1 is 1.39 bits per heavy atom. The van der Waals surface area contributed by atoms with Gasteiger partial charge in [-0.2, -0.15) is 0 Å². The fourth-order valence-electron chi connectivity index (χ4n) is 2.74. The zero-order valence-electron chi connectivity index (χ0n) is 11.5. The van der Waals surface area contributed by atoms with Crippen LogP contribution in [0.3, 0.4) is 0 Å². The van der Waals surface area contributed by atoms with Crippen LogP contribution in [0.15, 0.2) is 18.3 Å². The number of aromatic nitrogens is 1. The summed E-state index contributed by atoms with van der Waals surface area (Å²) in [4.78, 5) is 6.87. The Balaban J connectivity index is 2.12. The molecule has 0 amide bonds. The average molecular weight is 248 g/mol. The second-order valence-electron chi connectivity index (χ2n) is 5.12. The summed E-state index contributed by atoms with van der Waals surface area (Å²) in [6.45, 7) is 5.36. The normalized spacial score (nSPS) is 21.9. The van der Waals surface area contributed by atoms with Crippen molar-refractivity contribution in [3.63, 3.8) is 0 Å². The molecule has 0 aromatic carbocycles. The summed E-state index contributed by atoms with van der Waals surface area (Å²) in [5.41, 5.74) is 1.99. The van der Waals surface area contributed by atoms with Crippen LogP contribution < -0.4 is 4.90 Å². The average Bonchev–Trinajstić information content (AvgIpc) is 2.46. The smallest absolute Gasteiger partial charge is 0.0957 e. The van der Waals surface area contributed by atoms with Crippen LogP contribution >= 0.6 is 0 Å². The van der Waals surface area contributed by atoms with Gasteiger partial charge in [0, 0.05) is 12.6 Å². The van der Waals surface area contributed by atoms with Gasteiger partial charge in [-0.15, -0.1) is 0 Å². The molecule has 0 bridgehead atoms. The predicted molar refractivity (Wildman–Crippen MR) is 74.8 cm³/mol. The molecule has 1 aliphatic rings. The van der Waals surface area contributed by atoms with Crippen molar-refractivity contribution in [3.8, 4) is 0 Å². The summed E-state index contributed by atoms with van der Waals surface area (Å²) in [5.74, 6) is 0. The molecule has 2 atom stereocenters. The molecule has 2 heterocycles. The highest BCUT2D eigenvalue weighted by molar-refractivity contribution is 5.46. The molecule has 1 saturated heterocycles. The minimum absolute atomic E-state index is 0.428. The summed E-state index contributed by atoms with van der Waals surface area (Å²) in [6.07, 6.45) is 7.30. The van der Waals surface area contributed by atoms with E-state index in [-0.39, 0.29) is 0 Å². The van der Waals surface area contributed by atoms with Gasteiger partial charge in [-0.3, -0.25) is 4.98 Å². The molecule has 1 aromatic heterocycles. The zero-order valence-corrected chi connectivity index (χ0v) is 11.5. The van der Waals surface area contributed by atoms with E-state index in [1.807, 2.05) is 19.2 Å². The number of nitrogens with zero attached hydrogens (tertiary/aromatic N) is 2. The number of rotatable bonds is 4. The molecule has 3 heteroatoms. The van der Waals surface area contributed by atoms with Gasteiger partial charge in [0.1, 0.15) is 0 Å². The second-order valence-corrected chi connectivity index (χ2v) is 5.12. The number of aliphatic hydroxyl groups is 1. The van der Waals surface area contributed by atoms with Gasteiger partial charge in [0.25, 0.3) is 0 Å². The fourth-order valence-corrected chi connectivity index (χ4v) is 2.74. The largest absolute Gasteiger partial charge is 0.387 e. The van der Waals surface area contributed by atoms with Crippen LogP contribution in [-0.2, 0) is 0 Å². The van der Waals surface area contributed by atoms with Gasteiger partial charge in [0.2, 0.25) is 0 Å². The van der Waals surface area contributed by atoms with Crippen LogP contribution in [-0.4, -0.2) is 22.7 Å². The van der Waals surface area contributed by atoms with E-state index >= 15 is 0 Å². The second kappa shape index (κ2) is 6.19. The maximum absolute atomic E-state index is 9.75. The number of anilines is 1. The van der Waals surface area contributed by atoms with E-state index in [0.717, 1.165) is 12.2 Å². The van der Waals surface area contributed by atoms with Crippen molar-refractivity contribution in [3.05, 3.63) is 24.0 Å². The highest BCUT2D eigenvalue weighted by Crippen LogP contribution is 2.26. The van der Waals surface area contributed by atoms with E-state index in [4.69, 9.17) is 0 Å². The molecule has 2 rings (SSSR count). The molecule has 1 aromatic rings. The summed E-state index contributed by atoms with van der Waals surface area (Å²) in [6, 6.07) is 4.72. The molecule has 0 spiro atoms. The Labute approximate surface area is 110 Å². The minimum Gasteiger partial charge on any atom is -0.387 e. The van der Waals surface area contributed by atoms with Crippen LogP contribution in [0.4, 0.5) is 5.69 Å². The molecule has 1 fully saturated rings. The van der Waals surface area contributed by atoms with Gasteiger partial charge < -0.3 is 10.0 Å². The highest BCUT2D eigenvalue weighted by Gasteiger charge is 2.21. The van der Waals surface area contributed by atoms with Crippen molar-refractivity contribution in [1.82, 2.24) is 4.98 Å². The summed E-state index contributed by atoms with van der Waals surface area (Å²) in [7, 11) is 0. The third-order valence-corrected chi connectivity index (χ3v) is 3.93. The fraction of sp³-hybridized carbons (Fsp3) is 0.667. The van der Waals surface area contributed by atoms with Gasteiger partial charge >= 0.3 is 0 Å². The van der Waals surface area contributed by atoms with E-state index in [2.05, 4.69) is 22.9 Å². The van der Waals surface area contributed by atoms with Crippen LogP contribution in [0.25, 0.3) is 0 Å². The number of pyridine rings is 1. The molecule has 0 aliphatic carbocycles. The Morgan fingerprint density at radius 2 is 2.22 bits per heavy atom. The summed E-state index contributed by atoms with van der Waals surface area (Å²) >= 11 is 0. The maximum Gasteiger partial charge on any atom is 0.0957 e. The minimum atomic E-state index is -0.428. The molecular weight excluding hydrogens is 224 g/mol. The molecule has 2 unspecified atom stereocenters. The highest BCUT2D eigenvalue weighted by atomic mass is 16.3. The summed E-state index contributed by atoms with van der Waals surface area (Å²) < 4.78 is 0. The van der Waals surface area contributed by atoms with Crippen LogP contribution in [0.1, 0.15) is 57.7 Å². The lowest BCUT2D eigenvalue weighted by Gasteiger charge is -2.37. The van der Waals surface area contributed by atoms with Gasteiger partial charge in [0.15, 0.2) is 0 Å². The Hall–Kier alpha value is -1.09. The topological polar surface area (TPSA) is 36.4 Å². The van der Waals surface area contributed by atoms with E-state index in [1.165, 1.54) is 31.4 Å². The third kappa shape index (κ3) is 2.83. The van der Waals surface area contributed by atoms with Crippen molar-refractivity contribution in [1.29, 1.82) is 0 Å². The first-order valence-corrected chi connectivity index (χ1v) is 7.17. The van der Waals surface area contributed by atoms with E-state index < -0.39 is 6.10 Å². The molecule has 18 heavy (non-hydrogen) atoms. The first kappa shape index (κ1) is 13.3. The van der Waals surface area contributed by atoms with Crippen molar-refractivity contribution in [2.24, 2.45) is 0 Å². The van der Waals surface area contributed by atoms with E-state index in [9.17, 15) is 5.11 Å². The Bertz CT molecular complexity index is 363. The summed E-state index contributed by atoms with van der Waals surface area (Å²) in [5, 5.41) is 9.75. The monoisotopic (exact) mass is 248 g/mol. The van der Waals surface area contributed by atoms with Crippen molar-refractivity contribution >= 4 is 5.69 Å². The van der Waals surface area contributed by atoms with Crippen molar-refractivity contribution in [2.45, 2.75) is 58.1 Å². The van der Waals surface area contributed by atoms with Gasteiger partial charge in [-0.05, 0) is 44.2 Å². The molecule has 1 N–H and O–H groups in total.